The average Bonchev–Trinajstić information content (AvgIpc) is 0.915. The van der Waals surface area contributed by atoms with Gasteiger partial charge in [0, 0.05) is 24.9 Å². The summed E-state index contributed by atoms with van der Waals surface area (Å²) in [4.78, 5) is 30.1. The normalized spacial score (nSPS) is 13.6. The molecule has 0 aliphatic heterocycles. The van der Waals surface area contributed by atoms with Crippen LogP contribution in [0.1, 0.15) is 44.5 Å². The Bertz CT molecular complexity index is 4000. The lowest BCUT2D eigenvalue weighted by Gasteiger charge is -2.22. The molecule has 430 valence electrons. The van der Waals surface area contributed by atoms with Crippen LogP contribution in [0.5, 0.6) is 0 Å². The van der Waals surface area contributed by atoms with Crippen LogP contribution >= 0.6 is 0 Å². The summed E-state index contributed by atoms with van der Waals surface area (Å²) in [6, 6.07) is 3.73. The maximum atomic E-state index is 15.1. The first-order chi connectivity index (χ1) is 37.4. The second kappa shape index (κ2) is 18.7. The maximum absolute atomic E-state index is 15.1. The molecule has 9 aromatic rings. The van der Waals surface area contributed by atoms with Gasteiger partial charge in [-0.05, 0) is 129 Å². The van der Waals surface area contributed by atoms with Crippen molar-refractivity contribution in [3.05, 3.63) is 174 Å². The van der Waals surface area contributed by atoms with Crippen molar-refractivity contribution < 1.29 is 105 Å². The Morgan fingerprint density at radius 2 is 0.512 bits per heavy atom. The largest absolute Gasteiger partial charge is 0.417 e. The van der Waals surface area contributed by atoms with Gasteiger partial charge in [-0.15, -0.1) is 0 Å². The molecule has 0 fully saturated rings. The van der Waals surface area contributed by atoms with Crippen LogP contribution in [-0.2, 0) is 63.5 Å². The number of alkyl halides is 24. The number of pyridine rings is 2. The summed E-state index contributed by atoms with van der Waals surface area (Å²) in [5, 5.41) is -3.28. The summed E-state index contributed by atoms with van der Waals surface area (Å²) in [7, 11) is 1.92. The van der Waals surface area contributed by atoms with Crippen molar-refractivity contribution in [3.8, 4) is 44.5 Å². The topological polar surface area (TPSA) is 44.0 Å². The van der Waals surface area contributed by atoms with Crippen LogP contribution in [0.2, 0.25) is 0 Å². The first kappa shape index (κ1) is 58.5. The third-order valence-electron chi connectivity index (χ3n) is 13.5. The molecule has 0 spiro atoms. The van der Waals surface area contributed by atoms with Crippen LogP contribution in [0.25, 0.3) is 88.1 Å². The third-order valence-corrected chi connectivity index (χ3v) is 13.5. The van der Waals surface area contributed by atoms with Crippen LogP contribution < -0.4 is 10.9 Å². The van der Waals surface area contributed by atoms with E-state index in [-0.39, 0.29) is 60.7 Å². The summed E-state index contributed by atoms with van der Waals surface area (Å²) in [5.74, 6) is 0. The number of aryl methyl sites for hydroxylation is 2. The quantitative estimate of drug-likeness (QED) is 0.130. The SMILES string of the molecule is Cn1c2cc3c(=O)c4c(-c5ccc(C(F)(F)F)cc5C(F)(F)F)cc(-c5ccc(C(F)(F)F)cc5C(F)(F)F)cc4n(C)c3cc2c(=O)c2c(-c3ccc(C(F)(F)F)cc3C(F)(F)F)cc(-c3ccc(C(F)(F)F)cc3C(F)(F)F)cc21. The lowest BCUT2D eigenvalue weighted by Crippen LogP contribution is -2.17. The van der Waals surface area contributed by atoms with Gasteiger partial charge in [0.25, 0.3) is 0 Å². The molecule has 0 amide bonds. The van der Waals surface area contributed by atoms with Crippen LogP contribution in [0.15, 0.2) is 119 Å². The van der Waals surface area contributed by atoms with Crippen LogP contribution in [0, 0.1) is 0 Å². The highest BCUT2D eigenvalue weighted by atomic mass is 19.4. The zero-order chi connectivity index (χ0) is 60.9. The third kappa shape index (κ3) is 10.2. The molecule has 0 radical (unpaired) electrons. The molecule has 7 aromatic carbocycles. The van der Waals surface area contributed by atoms with Gasteiger partial charge in [0.2, 0.25) is 0 Å². The minimum Gasteiger partial charge on any atom is -0.343 e. The lowest BCUT2D eigenvalue weighted by molar-refractivity contribution is -0.144. The second-order valence-corrected chi connectivity index (χ2v) is 18.5. The van der Waals surface area contributed by atoms with Crippen molar-refractivity contribution in [2.75, 3.05) is 0 Å². The zero-order valence-electron chi connectivity index (χ0n) is 40.2. The Morgan fingerprint density at radius 3 is 0.756 bits per heavy atom. The van der Waals surface area contributed by atoms with E-state index in [1.165, 1.54) is 0 Å². The first-order valence-corrected chi connectivity index (χ1v) is 22.6. The number of halogens is 24. The zero-order valence-corrected chi connectivity index (χ0v) is 40.2. The van der Waals surface area contributed by atoms with Crippen molar-refractivity contribution in [1.82, 2.24) is 9.13 Å². The molecule has 9 rings (SSSR count). The number of hydrogen-bond acceptors (Lipinski definition) is 2. The molecule has 0 saturated carbocycles. The summed E-state index contributed by atoms with van der Waals surface area (Å²) in [6.45, 7) is 0. The Labute approximate surface area is 439 Å². The average molecular weight is 1190 g/mol. The highest BCUT2D eigenvalue weighted by molar-refractivity contribution is 6.10. The van der Waals surface area contributed by atoms with Gasteiger partial charge < -0.3 is 9.13 Å². The van der Waals surface area contributed by atoms with E-state index in [0.717, 1.165) is 35.4 Å². The highest BCUT2D eigenvalue weighted by Gasteiger charge is 2.44. The van der Waals surface area contributed by atoms with Gasteiger partial charge in [0.15, 0.2) is 10.9 Å². The second-order valence-electron chi connectivity index (χ2n) is 18.5. The standard InChI is InChI=1S/C54H24F24N2O2/c1-79-39-19-34-40(80(2)42-14-22(28-8-4-24(48(58,59)60)16-36(28)52(70,71)72)12-32(44(42)46(34)82)30-10-6-26(50(64,65)66)18-38(30)54(76,77)78)20-33(39)45(81)43-31(29-9-5-25(49(61,62)63)17-37(29)53(73,74)75)11-21(13-41(43)79)27-7-3-23(47(55,56)57)15-35(27)51(67,68)69/h3-20H,1-2H3. The number of fused-ring (bicyclic) bond motifs is 4. The van der Waals surface area contributed by atoms with E-state index in [0.29, 0.717) is 24.3 Å². The molecule has 0 bridgehead atoms. The van der Waals surface area contributed by atoms with Crippen LogP contribution in [-0.4, -0.2) is 9.13 Å². The molecule has 0 atom stereocenters. The van der Waals surface area contributed by atoms with Crippen molar-refractivity contribution in [2.45, 2.75) is 49.4 Å². The van der Waals surface area contributed by atoms with Crippen molar-refractivity contribution >= 4 is 43.6 Å². The predicted molar refractivity (Wildman–Crippen MR) is 249 cm³/mol. The first-order valence-electron chi connectivity index (χ1n) is 22.6. The van der Waals surface area contributed by atoms with Crippen LogP contribution in [0.3, 0.4) is 0 Å². The predicted octanol–water partition coefficient (Wildman–Crippen LogP) is 18.5. The van der Waals surface area contributed by atoms with Crippen molar-refractivity contribution in [3.63, 3.8) is 0 Å². The molecule has 0 unspecified atom stereocenters. The van der Waals surface area contributed by atoms with E-state index >= 15 is 9.59 Å². The molecule has 0 aliphatic rings. The smallest absolute Gasteiger partial charge is 0.343 e. The Kier molecular flexibility index (Phi) is 13.3. The molecule has 2 aromatic heterocycles. The van der Waals surface area contributed by atoms with Crippen LogP contribution in [0.4, 0.5) is 105 Å². The Morgan fingerprint density at radius 1 is 0.268 bits per heavy atom. The van der Waals surface area contributed by atoms with E-state index in [4.69, 9.17) is 0 Å². The number of aromatic nitrogens is 2. The number of nitrogens with zero attached hydrogens (tertiary/aromatic N) is 2. The molecule has 0 N–H and O–H groups in total. The fourth-order valence-corrected chi connectivity index (χ4v) is 9.81. The van der Waals surface area contributed by atoms with Gasteiger partial charge in [0.05, 0.1) is 77.3 Å². The summed E-state index contributed by atoms with van der Waals surface area (Å²) >= 11 is 0. The minimum absolute atomic E-state index is 0.107. The summed E-state index contributed by atoms with van der Waals surface area (Å²) in [5.41, 5.74) is -30.4. The van der Waals surface area contributed by atoms with Crippen molar-refractivity contribution in [2.24, 2.45) is 14.1 Å². The van der Waals surface area contributed by atoms with Gasteiger partial charge in [-0.1, -0.05) is 24.3 Å². The number of rotatable bonds is 4. The molecule has 28 heteroatoms. The molecule has 2 heterocycles. The van der Waals surface area contributed by atoms with Gasteiger partial charge in [-0.25, -0.2) is 0 Å². The Hall–Kier alpha value is -8.20. The Balaban J connectivity index is 1.47. The number of benzene rings is 7. The monoisotopic (exact) mass is 1190 g/mol. The van der Waals surface area contributed by atoms with Gasteiger partial charge in [-0.3, -0.25) is 9.59 Å². The van der Waals surface area contributed by atoms with E-state index in [1.54, 1.807) is 0 Å². The van der Waals surface area contributed by atoms with Crippen molar-refractivity contribution in [1.29, 1.82) is 0 Å². The molecule has 0 saturated heterocycles. The number of hydrogen-bond donors (Lipinski definition) is 0. The summed E-state index contributed by atoms with van der Waals surface area (Å²) < 4.78 is 346. The highest BCUT2D eigenvalue weighted by Crippen LogP contribution is 2.50. The molecular weight excluding hydrogens is 1160 g/mol. The van der Waals surface area contributed by atoms with E-state index in [2.05, 4.69) is 0 Å². The summed E-state index contributed by atoms with van der Waals surface area (Å²) in [6.07, 6.45) is -44.7. The fourth-order valence-electron chi connectivity index (χ4n) is 9.81. The van der Waals surface area contributed by atoms with E-state index in [9.17, 15) is 105 Å². The lowest BCUT2D eigenvalue weighted by atomic mass is 9.88. The molecule has 4 nitrogen and oxygen atoms in total. The molecule has 82 heavy (non-hydrogen) atoms. The van der Waals surface area contributed by atoms with Gasteiger partial charge >= 0.3 is 49.4 Å². The van der Waals surface area contributed by atoms with E-state index in [1.807, 2.05) is 0 Å². The molecule has 0 aliphatic carbocycles. The maximum Gasteiger partial charge on any atom is 0.417 e. The molecular formula is C54H24F24N2O2. The van der Waals surface area contributed by atoms with Gasteiger partial charge in [0.1, 0.15) is 0 Å². The fraction of sp³-hybridized carbons (Fsp3) is 0.185. The van der Waals surface area contributed by atoms with Gasteiger partial charge in [-0.2, -0.15) is 105 Å². The van der Waals surface area contributed by atoms with E-state index < -0.39 is 205 Å². The minimum atomic E-state index is -5.78.